The van der Waals surface area contributed by atoms with Crippen molar-refractivity contribution < 1.29 is 24.0 Å². The van der Waals surface area contributed by atoms with E-state index in [-0.39, 0.29) is 11.4 Å². The summed E-state index contributed by atoms with van der Waals surface area (Å²) in [5.41, 5.74) is 1.27. The van der Waals surface area contributed by atoms with Crippen molar-refractivity contribution in [2.75, 3.05) is 18.5 Å². The second-order valence-electron chi connectivity index (χ2n) is 5.77. The molecule has 0 radical (unpaired) electrons. The first-order valence-electron chi connectivity index (χ1n) is 8.51. The summed E-state index contributed by atoms with van der Waals surface area (Å²) in [7, 11) is 0. The third kappa shape index (κ3) is 6.24. The Bertz CT molecular complexity index is 890. The van der Waals surface area contributed by atoms with Crippen LogP contribution in [0.4, 0.5) is 11.4 Å². The van der Waals surface area contributed by atoms with Gasteiger partial charge in [0, 0.05) is 12.1 Å². The van der Waals surface area contributed by atoms with Crippen LogP contribution in [-0.2, 0) is 14.3 Å². The molecule has 2 aromatic rings. The van der Waals surface area contributed by atoms with Gasteiger partial charge in [-0.15, -0.1) is 0 Å². The lowest BCUT2D eigenvalue weighted by atomic mass is 10.2. The predicted molar refractivity (Wildman–Crippen MR) is 104 cm³/mol. The Balaban J connectivity index is 1.87. The minimum Gasteiger partial charge on any atom is -0.494 e. The van der Waals surface area contributed by atoms with Crippen LogP contribution < -0.4 is 10.1 Å². The molecule has 0 aliphatic rings. The van der Waals surface area contributed by atoms with E-state index < -0.39 is 23.4 Å². The van der Waals surface area contributed by atoms with E-state index in [1.54, 1.807) is 43.3 Å². The zero-order valence-electron chi connectivity index (χ0n) is 15.5. The maximum atomic E-state index is 11.9. The van der Waals surface area contributed by atoms with Crippen molar-refractivity contribution in [3.05, 3.63) is 69.8 Å². The number of nitrogens with one attached hydrogen (secondary N) is 1. The van der Waals surface area contributed by atoms with E-state index in [2.05, 4.69) is 5.32 Å². The fourth-order valence-electron chi connectivity index (χ4n) is 2.28. The number of rotatable bonds is 8. The second-order valence-corrected chi connectivity index (χ2v) is 5.77. The van der Waals surface area contributed by atoms with Gasteiger partial charge in [0.05, 0.1) is 11.5 Å². The molecule has 146 valence electrons. The van der Waals surface area contributed by atoms with Crippen LogP contribution in [0.1, 0.15) is 18.1 Å². The zero-order chi connectivity index (χ0) is 20.5. The molecule has 0 unspecified atom stereocenters. The number of nitrogens with zero attached hydrogens (tertiary/aromatic N) is 1. The number of carbonyl (C=O) groups is 2. The van der Waals surface area contributed by atoms with Crippen molar-refractivity contribution in [3.63, 3.8) is 0 Å². The minimum atomic E-state index is -0.706. The number of carbonyl (C=O) groups excluding carboxylic acids is 2. The van der Waals surface area contributed by atoms with E-state index in [9.17, 15) is 19.7 Å². The number of anilines is 1. The lowest BCUT2D eigenvalue weighted by Crippen LogP contribution is -2.20. The highest BCUT2D eigenvalue weighted by Crippen LogP contribution is 2.25. The third-order valence-electron chi connectivity index (χ3n) is 3.57. The number of hydrogen-bond acceptors (Lipinski definition) is 6. The molecule has 1 N–H and O–H groups in total. The van der Waals surface area contributed by atoms with E-state index in [4.69, 9.17) is 9.47 Å². The molecule has 2 aromatic carbocycles. The SMILES string of the molecule is CCOc1ccc(/C=C/C(=O)OCC(=O)Nc2ccc(C)cc2[N+](=O)[O-])cc1. The van der Waals surface area contributed by atoms with Crippen LogP contribution in [-0.4, -0.2) is 30.0 Å². The van der Waals surface area contributed by atoms with Gasteiger partial charge in [-0.1, -0.05) is 18.2 Å². The topological polar surface area (TPSA) is 108 Å². The Morgan fingerprint density at radius 1 is 1.18 bits per heavy atom. The van der Waals surface area contributed by atoms with E-state index >= 15 is 0 Å². The highest BCUT2D eigenvalue weighted by molar-refractivity contribution is 5.96. The van der Waals surface area contributed by atoms with Gasteiger partial charge in [-0.25, -0.2) is 4.79 Å². The molecule has 0 fully saturated rings. The molecule has 0 aliphatic heterocycles. The van der Waals surface area contributed by atoms with Gasteiger partial charge in [0.25, 0.3) is 11.6 Å². The Kier molecular flexibility index (Phi) is 7.27. The van der Waals surface area contributed by atoms with Crippen LogP contribution in [0.25, 0.3) is 6.08 Å². The van der Waals surface area contributed by atoms with Crippen molar-refractivity contribution in [2.24, 2.45) is 0 Å². The molecule has 0 heterocycles. The van der Waals surface area contributed by atoms with Crippen LogP contribution in [0.5, 0.6) is 5.75 Å². The van der Waals surface area contributed by atoms with E-state index in [1.807, 2.05) is 6.92 Å². The van der Waals surface area contributed by atoms with Crippen molar-refractivity contribution in [3.8, 4) is 5.75 Å². The molecule has 1 amide bonds. The average Bonchev–Trinajstić information content (AvgIpc) is 2.67. The Morgan fingerprint density at radius 2 is 1.89 bits per heavy atom. The molecule has 0 saturated carbocycles. The van der Waals surface area contributed by atoms with E-state index in [0.717, 1.165) is 11.3 Å². The van der Waals surface area contributed by atoms with Gasteiger partial charge in [-0.05, 0) is 49.2 Å². The molecule has 0 aromatic heterocycles. The number of amides is 1. The Hall–Kier alpha value is -3.68. The number of ether oxygens (including phenoxy) is 2. The minimum absolute atomic E-state index is 0.0431. The van der Waals surface area contributed by atoms with Crippen molar-refractivity contribution >= 4 is 29.3 Å². The summed E-state index contributed by atoms with van der Waals surface area (Å²) in [4.78, 5) is 34.1. The van der Waals surface area contributed by atoms with Crippen LogP contribution in [0.3, 0.4) is 0 Å². The summed E-state index contributed by atoms with van der Waals surface area (Å²) in [6, 6.07) is 11.5. The van der Waals surface area contributed by atoms with Gasteiger partial charge in [-0.2, -0.15) is 0 Å². The largest absolute Gasteiger partial charge is 0.494 e. The Morgan fingerprint density at radius 3 is 2.54 bits per heavy atom. The molecular formula is C20H20N2O6. The molecule has 0 aliphatic carbocycles. The molecule has 8 heteroatoms. The van der Waals surface area contributed by atoms with Gasteiger partial charge in [0.2, 0.25) is 0 Å². The monoisotopic (exact) mass is 384 g/mol. The summed E-state index contributed by atoms with van der Waals surface area (Å²) < 4.78 is 10.2. The van der Waals surface area contributed by atoms with Crippen LogP contribution in [0.15, 0.2) is 48.5 Å². The molecule has 8 nitrogen and oxygen atoms in total. The molecule has 2 rings (SSSR count). The smallest absolute Gasteiger partial charge is 0.331 e. The van der Waals surface area contributed by atoms with Gasteiger partial charge < -0.3 is 14.8 Å². The van der Waals surface area contributed by atoms with Gasteiger partial charge in [0.1, 0.15) is 11.4 Å². The van der Waals surface area contributed by atoms with Crippen molar-refractivity contribution in [1.29, 1.82) is 0 Å². The zero-order valence-corrected chi connectivity index (χ0v) is 15.5. The Labute approximate surface area is 161 Å². The summed E-state index contributed by atoms with van der Waals surface area (Å²) in [5.74, 6) is -0.652. The van der Waals surface area contributed by atoms with E-state index in [0.29, 0.717) is 12.2 Å². The molecule has 0 atom stereocenters. The van der Waals surface area contributed by atoms with Crippen molar-refractivity contribution in [1.82, 2.24) is 0 Å². The maximum absolute atomic E-state index is 11.9. The van der Waals surface area contributed by atoms with Crippen LogP contribution >= 0.6 is 0 Å². The lowest BCUT2D eigenvalue weighted by molar-refractivity contribution is -0.384. The molecule has 0 bridgehead atoms. The fraction of sp³-hybridized carbons (Fsp3) is 0.200. The first kappa shape index (κ1) is 20.6. The predicted octanol–water partition coefficient (Wildman–Crippen LogP) is 3.50. The average molecular weight is 384 g/mol. The molecule has 28 heavy (non-hydrogen) atoms. The van der Waals surface area contributed by atoms with Gasteiger partial charge >= 0.3 is 5.97 Å². The highest BCUT2D eigenvalue weighted by atomic mass is 16.6. The third-order valence-corrected chi connectivity index (χ3v) is 3.57. The number of benzene rings is 2. The molecule has 0 saturated heterocycles. The second kappa shape index (κ2) is 9.86. The standard InChI is InChI=1S/C20H20N2O6/c1-3-27-16-8-5-15(6-9-16)7-11-20(24)28-13-19(23)21-17-10-4-14(2)12-18(17)22(25)26/h4-12H,3,13H2,1-2H3,(H,21,23)/b11-7+. The summed E-state index contributed by atoms with van der Waals surface area (Å²) in [5, 5.41) is 13.4. The molecular weight excluding hydrogens is 364 g/mol. The summed E-state index contributed by atoms with van der Waals surface area (Å²) >= 11 is 0. The number of nitro benzene ring substituents is 1. The first-order valence-corrected chi connectivity index (χ1v) is 8.51. The number of nitro groups is 1. The first-order chi connectivity index (χ1) is 13.4. The number of hydrogen-bond donors (Lipinski definition) is 1. The van der Waals surface area contributed by atoms with Crippen LogP contribution in [0, 0.1) is 17.0 Å². The van der Waals surface area contributed by atoms with Gasteiger partial charge in [-0.3, -0.25) is 14.9 Å². The number of aryl methyl sites for hydroxylation is 1. The summed E-state index contributed by atoms with van der Waals surface area (Å²) in [6.45, 7) is 3.60. The van der Waals surface area contributed by atoms with E-state index in [1.165, 1.54) is 18.2 Å². The quantitative estimate of drug-likeness (QED) is 0.323. The van der Waals surface area contributed by atoms with Gasteiger partial charge in [0.15, 0.2) is 6.61 Å². The normalized spacial score (nSPS) is 10.5. The van der Waals surface area contributed by atoms with Crippen LogP contribution in [0.2, 0.25) is 0 Å². The summed E-state index contributed by atoms with van der Waals surface area (Å²) in [6.07, 6.45) is 2.73. The molecule has 0 spiro atoms. The highest BCUT2D eigenvalue weighted by Gasteiger charge is 2.16. The maximum Gasteiger partial charge on any atom is 0.331 e. The van der Waals surface area contributed by atoms with Crippen molar-refractivity contribution in [2.45, 2.75) is 13.8 Å². The number of esters is 1. The lowest BCUT2D eigenvalue weighted by Gasteiger charge is -2.07. The fourth-order valence-corrected chi connectivity index (χ4v) is 2.28.